The number of aliphatic imine (C=N–C) groups is 1. The molecule has 3 N–H and O–H groups in total. The Kier molecular flexibility index (Phi) is 7.88. The average Bonchev–Trinajstić information content (AvgIpc) is 3.19. The number of hydrogen-bond acceptors (Lipinski definition) is 3. The quantitative estimate of drug-likeness (QED) is 0.518. The SMILES string of the molecule is CCN1CCCC1CNC(N)=NCc1cccc(COCc2ccccc2)c1. The number of guanidine groups is 1. The molecular weight excluding hydrogens is 348 g/mol. The summed E-state index contributed by atoms with van der Waals surface area (Å²) in [6.07, 6.45) is 2.51. The average molecular weight is 381 g/mol. The first-order chi connectivity index (χ1) is 13.7. The minimum absolute atomic E-state index is 0.522. The maximum Gasteiger partial charge on any atom is 0.188 e. The van der Waals surface area contributed by atoms with E-state index in [1.807, 2.05) is 24.3 Å². The zero-order chi connectivity index (χ0) is 19.6. The highest BCUT2D eigenvalue weighted by Crippen LogP contribution is 2.15. The molecular formula is C23H32N4O. The van der Waals surface area contributed by atoms with Crippen LogP contribution in [0.1, 0.15) is 36.5 Å². The molecule has 0 bridgehead atoms. The number of nitrogens with zero attached hydrogens (tertiary/aromatic N) is 2. The molecule has 0 aliphatic carbocycles. The van der Waals surface area contributed by atoms with Gasteiger partial charge in [0, 0.05) is 12.6 Å². The van der Waals surface area contributed by atoms with Gasteiger partial charge >= 0.3 is 0 Å². The van der Waals surface area contributed by atoms with E-state index in [4.69, 9.17) is 10.5 Å². The van der Waals surface area contributed by atoms with Crippen molar-refractivity contribution in [3.05, 3.63) is 71.3 Å². The predicted octanol–water partition coefficient (Wildman–Crippen LogP) is 3.29. The Morgan fingerprint density at radius 3 is 2.68 bits per heavy atom. The van der Waals surface area contributed by atoms with Crippen LogP contribution in [0, 0.1) is 0 Å². The van der Waals surface area contributed by atoms with E-state index in [0.29, 0.717) is 31.8 Å². The third-order valence-electron chi connectivity index (χ3n) is 5.23. The second kappa shape index (κ2) is 10.8. The molecule has 28 heavy (non-hydrogen) atoms. The summed E-state index contributed by atoms with van der Waals surface area (Å²) in [7, 11) is 0. The molecule has 3 rings (SSSR count). The fraction of sp³-hybridized carbons (Fsp3) is 0.435. The van der Waals surface area contributed by atoms with E-state index in [0.717, 1.165) is 24.2 Å². The number of hydrogen-bond donors (Lipinski definition) is 2. The number of benzene rings is 2. The maximum atomic E-state index is 6.06. The van der Waals surface area contributed by atoms with Crippen LogP contribution in [-0.4, -0.2) is 36.5 Å². The number of likely N-dealkylation sites (tertiary alicyclic amines) is 1. The van der Waals surface area contributed by atoms with Crippen molar-refractivity contribution >= 4 is 5.96 Å². The van der Waals surface area contributed by atoms with Crippen LogP contribution in [0.25, 0.3) is 0 Å². The molecule has 0 saturated carbocycles. The number of nitrogens with two attached hydrogens (primary N) is 1. The van der Waals surface area contributed by atoms with Gasteiger partial charge in [-0.15, -0.1) is 0 Å². The topological polar surface area (TPSA) is 62.9 Å². The lowest BCUT2D eigenvalue weighted by atomic mass is 10.1. The van der Waals surface area contributed by atoms with Gasteiger partial charge in [-0.1, -0.05) is 61.5 Å². The fourth-order valence-electron chi connectivity index (χ4n) is 3.68. The van der Waals surface area contributed by atoms with Crippen molar-refractivity contribution in [2.45, 2.75) is 45.6 Å². The molecule has 2 aromatic rings. The highest BCUT2D eigenvalue weighted by atomic mass is 16.5. The number of rotatable bonds is 9. The normalized spacial score (nSPS) is 17.8. The lowest BCUT2D eigenvalue weighted by Gasteiger charge is -2.23. The molecule has 5 nitrogen and oxygen atoms in total. The molecule has 1 saturated heterocycles. The Bertz CT molecular complexity index is 747. The van der Waals surface area contributed by atoms with Gasteiger partial charge in [-0.25, -0.2) is 4.99 Å². The molecule has 5 heteroatoms. The lowest BCUT2D eigenvalue weighted by Crippen LogP contribution is -2.42. The van der Waals surface area contributed by atoms with Gasteiger partial charge < -0.3 is 15.8 Å². The van der Waals surface area contributed by atoms with E-state index < -0.39 is 0 Å². The largest absolute Gasteiger partial charge is 0.372 e. The van der Waals surface area contributed by atoms with Crippen LogP contribution in [0.4, 0.5) is 0 Å². The van der Waals surface area contributed by atoms with Gasteiger partial charge in [-0.3, -0.25) is 4.90 Å². The van der Waals surface area contributed by atoms with Gasteiger partial charge in [0.2, 0.25) is 0 Å². The molecule has 0 amide bonds. The second-order valence-corrected chi connectivity index (χ2v) is 7.31. The predicted molar refractivity (Wildman–Crippen MR) is 115 cm³/mol. The lowest BCUT2D eigenvalue weighted by molar-refractivity contribution is 0.107. The molecule has 2 aromatic carbocycles. The van der Waals surface area contributed by atoms with Gasteiger partial charge in [-0.05, 0) is 42.6 Å². The van der Waals surface area contributed by atoms with Crippen molar-refractivity contribution in [1.82, 2.24) is 10.2 Å². The van der Waals surface area contributed by atoms with Crippen molar-refractivity contribution in [3.8, 4) is 0 Å². The Morgan fingerprint density at radius 1 is 1.11 bits per heavy atom. The summed E-state index contributed by atoms with van der Waals surface area (Å²) in [6, 6.07) is 19.1. The van der Waals surface area contributed by atoms with Crippen molar-refractivity contribution in [2.75, 3.05) is 19.6 Å². The summed E-state index contributed by atoms with van der Waals surface area (Å²) < 4.78 is 5.83. The molecule has 1 aliphatic rings. The van der Waals surface area contributed by atoms with E-state index in [-0.39, 0.29) is 0 Å². The van der Waals surface area contributed by atoms with Gasteiger partial charge in [0.05, 0.1) is 19.8 Å². The summed E-state index contributed by atoms with van der Waals surface area (Å²) in [6.45, 7) is 7.17. The molecule has 0 radical (unpaired) electrons. The second-order valence-electron chi connectivity index (χ2n) is 7.31. The van der Waals surface area contributed by atoms with E-state index in [1.54, 1.807) is 0 Å². The summed E-state index contributed by atoms with van der Waals surface area (Å²) in [5, 5.41) is 3.29. The molecule has 1 aliphatic heterocycles. The third-order valence-corrected chi connectivity index (χ3v) is 5.23. The Balaban J connectivity index is 1.43. The zero-order valence-corrected chi connectivity index (χ0v) is 16.8. The number of nitrogens with one attached hydrogen (secondary N) is 1. The molecule has 1 heterocycles. The van der Waals surface area contributed by atoms with Crippen LogP contribution < -0.4 is 11.1 Å². The standard InChI is InChI=1S/C23H32N4O/c1-2-27-13-7-12-22(27)16-26-23(24)25-15-20-10-6-11-21(14-20)18-28-17-19-8-4-3-5-9-19/h3-6,8-11,14,22H,2,7,12-13,15-18H2,1H3,(H3,24,25,26). The van der Waals surface area contributed by atoms with E-state index in [1.165, 1.54) is 24.9 Å². The van der Waals surface area contributed by atoms with Gasteiger partial charge in [0.1, 0.15) is 0 Å². The first kappa shape index (κ1) is 20.4. The summed E-state index contributed by atoms with van der Waals surface area (Å²) in [4.78, 5) is 7.00. The van der Waals surface area contributed by atoms with E-state index in [2.05, 4.69) is 52.5 Å². The van der Waals surface area contributed by atoms with Crippen molar-refractivity contribution in [2.24, 2.45) is 10.7 Å². The minimum Gasteiger partial charge on any atom is -0.372 e. The maximum absolute atomic E-state index is 6.06. The first-order valence-corrected chi connectivity index (χ1v) is 10.2. The Hall–Kier alpha value is -2.37. The van der Waals surface area contributed by atoms with Gasteiger partial charge in [0.15, 0.2) is 5.96 Å². The van der Waals surface area contributed by atoms with E-state index >= 15 is 0 Å². The van der Waals surface area contributed by atoms with E-state index in [9.17, 15) is 0 Å². The minimum atomic E-state index is 0.522. The fourth-order valence-corrected chi connectivity index (χ4v) is 3.68. The number of ether oxygens (including phenoxy) is 1. The molecule has 0 aromatic heterocycles. The number of likely N-dealkylation sites (N-methyl/N-ethyl adjacent to an activating group) is 1. The van der Waals surface area contributed by atoms with Crippen LogP contribution in [0.3, 0.4) is 0 Å². The molecule has 1 fully saturated rings. The van der Waals surface area contributed by atoms with Crippen molar-refractivity contribution in [1.29, 1.82) is 0 Å². The summed E-state index contributed by atoms with van der Waals surface area (Å²) in [5.41, 5.74) is 9.54. The molecule has 1 unspecified atom stereocenters. The summed E-state index contributed by atoms with van der Waals surface area (Å²) in [5.74, 6) is 0.522. The highest BCUT2D eigenvalue weighted by Gasteiger charge is 2.22. The van der Waals surface area contributed by atoms with Crippen LogP contribution in [0.5, 0.6) is 0 Å². The molecule has 150 valence electrons. The first-order valence-electron chi connectivity index (χ1n) is 10.2. The molecule has 1 atom stereocenters. The van der Waals surface area contributed by atoms with Crippen LogP contribution >= 0.6 is 0 Å². The third kappa shape index (κ3) is 6.36. The van der Waals surface area contributed by atoms with Crippen LogP contribution in [0.2, 0.25) is 0 Å². The molecule has 0 spiro atoms. The van der Waals surface area contributed by atoms with Crippen molar-refractivity contribution < 1.29 is 4.74 Å². The monoisotopic (exact) mass is 380 g/mol. The smallest absolute Gasteiger partial charge is 0.188 e. The Labute approximate surface area is 168 Å². The zero-order valence-electron chi connectivity index (χ0n) is 16.8. The van der Waals surface area contributed by atoms with Crippen LogP contribution in [0.15, 0.2) is 59.6 Å². The highest BCUT2D eigenvalue weighted by molar-refractivity contribution is 5.77. The van der Waals surface area contributed by atoms with Gasteiger partial charge in [-0.2, -0.15) is 0 Å². The van der Waals surface area contributed by atoms with Gasteiger partial charge in [0.25, 0.3) is 0 Å². The van der Waals surface area contributed by atoms with Crippen LogP contribution in [-0.2, 0) is 24.5 Å². The Morgan fingerprint density at radius 2 is 1.86 bits per heavy atom. The summed E-state index contributed by atoms with van der Waals surface area (Å²) >= 11 is 0. The van der Waals surface area contributed by atoms with Crippen molar-refractivity contribution in [3.63, 3.8) is 0 Å².